The van der Waals surface area contributed by atoms with Crippen molar-refractivity contribution in [1.82, 2.24) is 15.1 Å². The monoisotopic (exact) mass is 372 g/mol. The Morgan fingerprint density at radius 3 is 2.48 bits per heavy atom. The zero-order valence-electron chi connectivity index (χ0n) is 15.6. The minimum atomic E-state index is -2.70. The van der Waals surface area contributed by atoms with E-state index in [4.69, 9.17) is 5.26 Å². The lowest BCUT2D eigenvalue weighted by Crippen LogP contribution is -2.36. The van der Waals surface area contributed by atoms with E-state index in [1.165, 1.54) is 0 Å². The van der Waals surface area contributed by atoms with E-state index in [1.54, 1.807) is 28.9 Å². The SMILES string of the molecule is CCNC(=O)c1c(C2CC(F)(F)C2)c(-c2ccc(C#N)cc2)nn1C(C)C. The Hall–Kier alpha value is -2.75. The van der Waals surface area contributed by atoms with Crippen LogP contribution < -0.4 is 5.32 Å². The van der Waals surface area contributed by atoms with Crippen molar-refractivity contribution in [3.63, 3.8) is 0 Å². The lowest BCUT2D eigenvalue weighted by Gasteiger charge is -2.35. The predicted molar refractivity (Wildman–Crippen MR) is 97.7 cm³/mol. The molecular formula is C20H22F2N4O. The van der Waals surface area contributed by atoms with Crippen molar-refractivity contribution in [2.45, 2.75) is 51.5 Å². The number of amides is 1. The van der Waals surface area contributed by atoms with Gasteiger partial charge in [-0.25, -0.2) is 8.78 Å². The average molecular weight is 372 g/mol. The zero-order valence-corrected chi connectivity index (χ0v) is 15.6. The number of nitrogens with one attached hydrogen (secondary N) is 1. The van der Waals surface area contributed by atoms with Crippen molar-refractivity contribution < 1.29 is 13.6 Å². The maximum atomic E-state index is 13.6. The van der Waals surface area contributed by atoms with Crippen LogP contribution in [0.15, 0.2) is 24.3 Å². The van der Waals surface area contributed by atoms with E-state index in [-0.39, 0.29) is 24.8 Å². The van der Waals surface area contributed by atoms with Gasteiger partial charge in [0.1, 0.15) is 5.69 Å². The highest BCUT2D eigenvalue weighted by Gasteiger charge is 2.49. The quantitative estimate of drug-likeness (QED) is 0.852. The Bertz CT molecular complexity index is 886. The molecule has 0 aliphatic heterocycles. The predicted octanol–water partition coefficient (Wildman–Crippen LogP) is 4.27. The van der Waals surface area contributed by atoms with Gasteiger partial charge >= 0.3 is 0 Å². The molecule has 0 unspecified atom stereocenters. The molecule has 7 heteroatoms. The first-order valence-corrected chi connectivity index (χ1v) is 9.06. The number of nitriles is 1. The van der Waals surface area contributed by atoms with Crippen LogP contribution in [0.5, 0.6) is 0 Å². The number of hydrogen-bond donors (Lipinski definition) is 1. The number of benzene rings is 1. The van der Waals surface area contributed by atoms with E-state index >= 15 is 0 Å². The van der Waals surface area contributed by atoms with Crippen molar-refractivity contribution in [2.24, 2.45) is 0 Å². The van der Waals surface area contributed by atoms with Gasteiger partial charge in [0.2, 0.25) is 5.92 Å². The number of carbonyl (C=O) groups is 1. The van der Waals surface area contributed by atoms with E-state index in [0.29, 0.717) is 34.6 Å². The average Bonchev–Trinajstić information content (AvgIpc) is 3.00. The molecule has 0 atom stereocenters. The van der Waals surface area contributed by atoms with Gasteiger partial charge in [-0.1, -0.05) is 12.1 Å². The number of rotatable bonds is 5. The van der Waals surface area contributed by atoms with Crippen LogP contribution in [-0.2, 0) is 0 Å². The van der Waals surface area contributed by atoms with Crippen molar-refractivity contribution in [1.29, 1.82) is 5.26 Å². The Morgan fingerprint density at radius 2 is 2.00 bits per heavy atom. The molecule has 1 aliphatic rings. The summed E-state index contributed by atoms with van der Waals surface area (Å²) in [6.07, 6.45) is -0.570. The summed E-state index contributed by atoms with van der Waals surface area (Å²) >= 11 is 0. The number of hydrogen-bond acceptors (Lipinski definition) is 3. The summed E-state index contributed by atoms with van der Waals surface area (Å²) in [7, 11) is 0. The van der Waals surface area contributed by atoms with Crippen molar-refractivity contribution in [2.75, 3.05) is 6.54 Å². The van der Waals surface area contributed by atoms with Gasteiger partial charge in [-0.2, -0.15) is 10.4 Å². The van der Waals surface area contributed by atoms with Crippen LogP contribution in [0.2, 0.25) is 0 Å². The van der Waals surface area contributed by atoms with Crippen LogP contribution in [0, 0.1) is 11.3 Å². The molecule has 0 radical (unpaired) electrons. The number of nitrogens with zero attached hydrogens (tertiary/aromatic N) is 3. The Labute approximate surface area is 157 Å². The first kappa shape index (κ1) is 19.0. The fourth-order valence-corrected chi connectivity index (χ4v) is 3.46. The second-order valence-corrected chi connectivity index (χ2v) is 7.16. The molecule has 1 N–H and O–H groups in total. The Balaban J connectivity index is 2.17. The second kappa shape index (κ2) is 7.10. The summed E-state index contributed by atoms with van der Waals surface area (Å²) in [4.78, 5) is 12.7. The summed E-state index contributed by atoms with van der Waals surface area (Å²) in [6.45, 7) is 6.05. The van der Waals surface area contributed by atoms with Crippen LogP contribution in [0.3, 0.4) is 0 Å². The molecule has 0 saturated heterocycles. The smallest absolute Gasteiger partial charge is 0.269 e. The van der Waals surface area contributed by atoms with Gasteiger partial charge in [-0.3, -0.25) is 9.48 Å². The van der Waals surface area contributed by atoms with Crippen molar-refractivity contribution in [3.8, 4) is 17.3 Å². The van der Waals surface area contributed by atoms with Crippen LogP contribution in [0.25, 0.3) is 11.3 Å². The molecule has 142 valence electrons. The fourth-order valence-electron chi connectivity index (χ4n) is 3.46. The van der Waals surface area contributed by atoms with Crippen molar-refractivity contribution >= 4 is 5.91 Å². The third kappa shape index (κ3) is 3.57. The normalized spacial score (nSPS) is 16.0. The summed E-state index contributed by atoms with van der Waals surface area (Å²) in [5.41, 5.74) is 2.68. The molecule has 1 aromatic carbocycles. The van der Waals surface area contributed by atoms with E-state index in [9.17, 15) is 13.6 Å². The highest BCUT2D eigenvalue weighted by Crippen LogP contribution is 2.51. The third-order valence-electron chi connectivity index (χ3n) is 4.77. The standard InChI is InChI=1S/C20H22F2N4O/c1-4-24-19(27)18-16(15-9-20(21,22)10-15)17(25-26(18)12(2)3)14-7-5-13(11-23)6-8-14/h5-8,12,15H,4,9-10H2,1-3H3,(H,24,27). The summed E-state index contributed by atoms with van der Waals surface area (Å²) < 4.78 is 28.8. The van der Waals surface area contributed by atoms with Gasteiger partial charge in [0.25, 0.3) is 5.91 Å². The maximum Gasteiger partial charge on any atom is 0.269 e. The molecule has 1 aromatic heterocycles. The molecule has 1 aliphatic carbocycles. The molecule has 0 bridgehead atoms. The molecule has 3 rings (SSSR count). The first-order valence-electron chi connectivity index (χ1n) is 9.06. The van der Waals surface area contributed by atoms with Crippen LogP contribution in [0.1, 0.15) is 67.2 Å². The van der Waals surface area contributed by atoms with E-state index in [1.807, 2.05) is 20.8 Å². The van der Waals surface area contributed by atoms with E-state index in [2.05, 4.69) is 16.5 Å². The molecular weight excluding hydrogens is 350 g/mol. The topological polar surface area (TPSA) is 70.7 Å². The summed E-state index contributed by atoms with van der Waals surface area (Å²) in [6, 6.07) is 8.76. The van der Waals surface area contributed by atoms with Crippen LogP contribution in [0.4, 0.5) is 8.78 Å². The molecule has 2 aromatic rings. The van der Waals surface area contributed by atoms with Gasteiger partial charge in [-0.05, 0) is 38.8 Å². The van der Waals surface area contributed by atoms with Gasteiger partial charge in [-0.15, -0.1) is 0 Å². The number of aromatic nitrogens is 2. The van der Waals surface area contributed by atoms with Crippen LogP contribution in [-0.4, -0.2) is 28.2 Å². The molecule has 5 nitrogen and oxygen atoms in total. The Morgan fingerprint density at radius 1 is 1.37 bits per heavy atom. The third-order valence-corrected chi connectivity index (χ3v) is 4.77. The fraction of sp³-hybridized carbons (Fsp3) is 0.450. The van der Waals surface area contributed by atoms with Gasteiger partial charge in [0, 0.05) is 36.6 Å². The maximum absolute atomic E-state index is 13.6. The second-order valence-electron chi connectivity index (χ2n) is 7.16. The summed E-state index contributed by atoms with van der Waals surface area (Å²) in [5.74, 6) is -3.43. The number of carbonyl (C=O) groups excluding carboxylic acids is 1. The van der Waals surface area contributed by atoms with E-state index < -0.39 is 11.8 Å². The highest BCUT2D eigenvalue weighted by atomic mass is 19.3. The molecule has 1 heterocycles. The lowest BCUT2D eigenvalue weighted by atomic mass is 9.75. The molecule has 1 amide bonds. The van der Waals surface area contributed by atoms with Crippen molar-refractivity contribution in [3.05, 3.63) is 41.1 Å². The molecule has 1 fully saturated rings. The highest BCUT2D eigenvalue weighted by molar-refractivity contribution is 5.96. The molecule has 27 heavy (non-hydrogen) atoms. The van der Waals surface area contributed by atoms with Gasteiger partial charge in [0.15, 0.2) is 0 Å². The van der Waals surface area contributed by atoms with Gasteiger partial charge < -0.3 is 5.32 Å². The van der Waals surface area contributed by atoms with Crippen LogP contribution >= 0.6 is 0 Å². The zero-order chi connectivity index (χ0) is 19.8. The first-order chi connectivity index (χ1) is 12.8. The summed E-state index contributed by atoms with van der Waals surface area (Å²) in [5, 5.41) is 16.4. The van der Waals surface area contributed by atoms with E-state index in [0.717, 1.165) is 0 Å². The Kier molecular flexibility index (Phi) is 5.01. The molecule has 1 saturated carbocycles. The number of halogens is 2. The minimum absolute atomic E-state index is 0.103. The minimum Gasteiger partial charge on any atom is -0.351 e. The van der Waals surface area contributed by atoms with Gasteiger partial charge in [0.05, 0.1) is 17.3 Å². The lowest BCUT2D eigenvalue weighted by molar-refractivity contribution is -0.0867. The number of alkyl halides is 2. The molecule has 0 spiro atoms. The largest absolute Gasteiger partial charge is 0.351 e.